The van der Waals surface area contributed by atoms with Gasteiger partial charge < -0.3 is 138 Å². The number of carbonyl (C=O) groups excluding carboxylic acids is 6. The number of phosphoric acid groups is 6. The highest BCUT2D eigenvalue weighted by Gasteiger charge is 2.50. The van der Waals surface area contributed by atoms with Crippen LogP contribution in [0.1, 0.15) is 156 Å². The fourth-order valence-corrected chi connectivity index (χ4v) is 18.1. The van der Waals surface area contributed by atoms with Crippen molar-refractivity contribution in [3.63, 3.8) is 0 Å². The normalized spacial score (nSPS) is 21.4. The lowest BCUT2D eigenvalue weighted by atomic mass is 9.81. The minimum absolute atomic E-state index is 0.0158. The van der Waals surface area contributed by atoms with Gasteiger partial charge in [-0.1, -0.05) is 92.5 Å². The third kappa shape index (κ3) is 31.7. The number of rotatable bonds is 52. The summed E-state index contributed by atoms with van der Waals surface area (Å²) in [7, 11) is -35.6. The van der Waals surface area contributed by atoms with Gasteiger partial charge in [-0.25, -0.2) is 38.5 Å². The van der Waals surface area contributed by atoms with Crippen LogP contribution in [0.15, 0.2) is 49.6 Å². The van der Waals surface area contributed by atoms with Crippen molar-refractivity contribution in [1.82, 2.24) is 60.3 Å². The Labute approximate surface area is 687 Å². The van der Waals surface area contributed by atoms with Crippen molar-refractivity contribution in [2.75, 3.05) is 64.1 Å². The number of nitrogens with zero attached hydrogens (tertiary/aromatic N) is 8. The van der Waals surface area contributed by atoms with Crippen molar-refractivity contribution in [2.45, 2.75) is 207 Å². The number of anilines is 2. The van der Waals surface area contributed by atoms with Crippen LogP contribution in [0.5, 0.6) is 0 Å². The first-order valence-electron chi connectivity index (χ1n) is 37.3. The topological polar surface area (TPSA) is 750 Å². The van der Waals surface area contributed by atoms with Gasteiger partial charge in [0.2, 0.25) is 23.6 Å². The van der Waals surface area contributed by atoms with Crippen molar-refractivity contribution in [3.05, 3.63) is 60.7 Å². The molecule has 0 spiro atoms. The molecular weight excluding hydrogens is 1720 g/mol. The number of nitrogens with two attached hydrogens (primary N) is 2. The SMILES string of the molecule is CC(C)(CCCCc1ccc(CCCCC(C)(C)CC(=O)CCNC(=O)CCNC(=O)C(O)C(C)(C)COP(=O)([O-])OP(=O)([O-])OCC2OC(n3cnc4c(N)ncnc43)C(O)C2OP(=O)([O-])[O-])cc1)CC(=O)CCNC(=O)CCNC(=O)C(O)C(C)(C)COP(=O)([O-])OP(=O)([O-])OCC1OC(n2cnc3c(N)ncnc32)C(O)C1OP(=O)([O-])[O-]. The molecular formula is C66H98N14O34P6-8. The quantitative estimate of drug-likeness (QED) is 0.0144. The average molecular weight is 1820 g/mol. The van der Waals surface area contributed by atoms with Crippen LogP contribution in [0.4, 0.5) is 11.6 Å². The third-order valence-electron chi connectivity index (χ3n) is 19.1. The van der Waals surface area contributed by atoms with Crippen molar-refractivity contribution in [2.24, 2.45) is 21.7 Å². The Morgan fingerprint density at radius 2 is 0.825 bits per heavy atom. The van der Waals surface area contributed by atoms with Gasteiger partial charge in [0.25, 0.3) is 31.3 Å². The molecule has 0 aliphatic carbocycles. The van der Waals surface area contributed by atoms with Crippen LogP contribution in [0.2, 0.25) is 0 Å². The van der Waals surface area contributed by atoms with E-state index in [1.807, 2.05) is 27.7 Å². The molecule has 4 aromatic heterocycles. The zero-order valence-corrected chi connectivity index (χ0v) is 71.8. The molecule has 7 rings (SSSR count). The number of aliphatic hydroxyl groups excluding tert-OH is 4. The summed E-state index contributed by atoms with van der Waals surface area (Å²) >= 11 is 0. The number of hydrogen-bond acceptors (Lipinski definition) is 42. The molecule has 0 radical (unpaired) electrons. The van der Waals surface area contributed by atoms with Crippen LogP contribution in [-0.2, 0) is 114 Å². The number of ether oxygens (including phenoxy) is 2. The number of nitrogen functional groups attached to an aromatic ring is 2. The minimum Gasteiger partial charge on any atom is -0.790 e. The third-order valence-corrected chi connectivity index (χ3v) is 25.1. The molecule has 14 unspecified atom stereocenters. The summed E-state index contributed by atoms with van der Waals surface area (Å²) in [4.78, 5) is 197. The number of ketones is 2. The highest BCUT2D eigenvalue weighted by Crippen LogP contribution is 2.58. The molecule has 5 aromatic rings. The van der Waals surface area contributed by atoms with E-state index in [-0.39, 0.29) is 121 Å². The minimum atomic E-state index is -5.99. The molecule has 4 amide bonds. The van der Waals surface area contributed by atoms with Crippen LogP contribution in [0.25, 0.3) is 22.3 Å². The molecule has 6 heterocycles. The van der Waals surface area contributed by atoms with Crippen LogP contribution < -0.4 is 71.9 Å². The Hall–Kier alpha value is -6.36. The molecule has 674 valence electrons. The van der Waals surface area contributed by atoms with Gasteiger partial charge in [-0.3, -0.25) is 56.2 Å². The molecule has 12 N–H and O–H groups in total. The van der Waals surface area contributed by atoms with Crippen molar-refractivity contribution < 1.29 is 161 Å². The van der Waals surface area contributed by atoms with Gasteiger partial charge in [-0.15, -0.1) is 0 Å². The number of phosphoric ester groups is 6. The van der Waals surface area contributed by atoms with Gasteiger partial charge in [-0.2, -0.15) is 0 Å². The lowest BCUT2D eigenvalue weighted by Crippen LogP contribution is -2.46. The molecule has 2 aliphatic heterocycles. The number of amides is 4. The van der Waals surface area contributed by atoms with Crippen LogP contribution in [0.3, 0.4) is 0 Å². The molecule has 2 fully saturated rings. The molecule has 48 nitrogen and oxygen atoms in total. The Bertz CT molecular complexity index is 4380. The number of unbranched alkanes of at least 4 members (excludes halogenated alkanes) is 2. The van der Waals surface area contributed by atoms with E-state index < -0.39 is 169 Å². The maximum absolute atomic E-state index is 13.0. The summed E-state index contributed by atoms with van der Waals surface area (Å²) in [6.07, 6.45) is -8.60. The lowest BCUT2D eigenvalue weighted by molar-refractivity contribution is -0.348. The fraction of sp³-hybridized carbons (Fsp3) is 0.667. The molecule has 0 saturated carbocycles. The molecule has 54 heteroatoms. The molecule has 2 saturated heterocycles. The maximum atomic E-state index is 13.0. The van der Waals surface area contributed by atoms with Gasteiger partial charge in [0.15, 0.2) is 35.4 Å². The zero-order valence-electron chi connectivity index (χ0n) is 66.4. The van der Waals surface area contributed by atoms with Crippen molar-refractivity contribution in [1.29, 1.82) is 0 Å². The largest absolute Gasteiger partial charge is 0.790 e. The Morgan fingerprint density at radius 3 is 1.17 bits per heavy atom. The number of nitrogens with one attached hydrogen (secondary N) is 4. The number of Topliss-reactive ketones (excluding diaryl/α,β-unsaturated/α-hetero) is 2. The van der Waals surface area contributed by atoms with E-state index in [0.717, 1.165) is 96.9 Å². The Morgan fingerprint density at radius 1 is 0.492 bits per heavy atom. The predicted octanol–water partition coefficient (Wildman–Crippen LogP) is -2.36. The number of fused-ring (bicyclic) bond motifs is 2. The number of aromatic nitrogens is 8. The summed E-state index contributed by atoms with van der Waals surface area (Å²) in [5, 5.41) is 53.2. The van der Waals surface area contributed by atoms with Gasteiger partial charge in [0, 0.05) is 75.5 Å². The second kappa shape index (κ2) is 42.6. The van der Waals surface area contributed by atoms with Gasteiger partial charge in [0.1, 0.15) is 84.1 Å². The summed E-state index contributed by atoms with van der Waals surface area (Å²) in [6, 6.07) is 8.36. The van der Waals surface area contributed by atoms with Crippen LogP contribution >= 0.6 is 46.9 Å². The molecule has 120 heavy (non-hydrogen) atoms. The monoisotopic (exact) mass is 1820 g/mol. The second-order valence-corrected chi connectivity index (χ2v) is 39.6. The van der Waals surface area contributed by atoms with E-state index in [0.29, 0.717) is 0 Å². The van der Waals surface area contributed by atoms with Crippen molar-refractivity contribution >= 4 is 116 Å². The summed E-state index contributed by atoms with van der Waals surface area (Å²) in [5.41, 5.74) is 9.63. The number of hydrogen-bond donors (Lipinski definition) is 10. The lowest BCUT2D eigenvalue weighted by Gasteiger charge is -2.36. The second-order valence-electron chi connectivity index (χ2n) is 31.5. The summed E-state index contributed by atoms with van der Waals surface area (Å²) in [5.74, 6) is -3.55. The number of imidazole rings is 2. The van der Waals surface area contributed by atoms with Gasteiger partial charge >= 0.3 is 0 Å². The van der Waals surface area contributed by atoms with Crippen LogP contribution in [0, 0.1) is 21.7 Å². The Balaban J connectivity index is 0.686. The zero-order chi connectivity index (χ0) is 89.4. The smallest absolute Gasteiger partial charge is 0.274 e. The number of carbonyl (C=O) groups is 6. The number of aliphatic hydroxyl groups is 4. The van der Waals surface area contributed by atoms with Crippen LogP contribution in [-0.4, -0.2) is 196 Å². The molecule has 0 bridgehead atoms. The first-order chi connectivity index (χ1) is 55.6. The van der Waals surface area contributed by atoms with Crippen molar-refractivity contribution in [3.8, 4) is 0 Å². The first kappa shape index (κ1) is 101. The Kier molecular flexibility index (Phi) is 35.7. The molecule has 1 aromatic carbocycles. The number of aryl methyl sites for hydroxylation is 2. The van der Waals surface area contributed by atoms with E-state index in [9.17, 15) is 116 Å². The summed E-state index contributed by atoms with van der Waals surface area (Å²) < 4.78 is 123. The maximum Gasteiger partial charge on any atom is 0.274 e. The highest BCUT2D eigenvalue weighted by atomic mass is 31.3. The first-order valence-corrected chi connectivity index (χ1v) is 46.1. The standard InChI is InChI=1S/C66H106N14O34P6/c1-63(2,29-41(81)19-25-69-45(83)21-27-71-59(89)53(87)65(5,6)33-107-119(101,102)113-117(97,98)105-31-43-51(111-115(91,92)93)49(85)61(109-43)79-37-77-47-55(67)73-35-75-57(47)79)23-11-9-13-39-15-17-40(18-16-39)14-10-12-24-64(3,4)30-42(82)20-26-70-46(84)22-28-72-60(90)54(88)66(7,8)34-108-120(103,104)114-118(99,100)106-32-44-52(112-116(94,95)96)50(86)62(110-44)80-38-78-48-56(68)74-36-76-58(48)80/h15-18,35-38,43-44,49-54,61-62,85-88H,9-14,19-34H2,1-8H3,(H,69,83)(H,70,84)(H,71,89)(H,72,90)(H,97,98)(H,99,100)(H,101,102)(H,103,104)(H2,67,73,75)(H2,68,74,76)(H2,91,92,93)(H2,94,95,96)/p-8. The van der Waals surface area contributed by atoms with E-state index in [2.05, 4.69) is 111 Å². The van der Waals surface area contributed by atoms with Gasteiger partial charge in [-0.05, 0) is 60.5 Å². The van der Waals surface area contributed by atoms with Gasteiger partial charge in [0.05, 0.1) is 54.7 Å². The van der Waals surface area contributed by atoms with E-state index in [1.54, 1.807) is 0 Å². The number of benzene rings is 1. The molecule has 2 aliphatic rings. The molecule has 14 atom stereocenters. The highest BCUT2D eigenvalue weighted by molar-refractivity contribution is 7.60. The fourth-order valence-electron chi connectivity index (χ4n) is 12.7. The average Bonchev–Trinajstić information content (AvgIpc) is 1.63. The summed E-state index contributed by atoms with van der Waals surface area (Å²) in [6.45, 7) is 7.39. The van der Waals surface area contributed by atoms with E-state index in [1.165, 1.54) is 27.7 Å². The van der Waals surface area contributed by atoms with E-state index in [4.69, 9.17) is 20.9 Å². The van der Waals surface area contributed by atoms with E-state index >= 15 is 0 Å². The predicted molar refractivity (Wildman–Crippen MR) is 399 cm³/mol.